The maximum absolute atomic E-state index is 4.46. The van der Waals surface area contributed by atoms with Crippen LogP contribution in [0.3, 0.4) is 0 Å². The lowest BCUT2D eigenvalue weighted by molar-refractivity contribution is 0.582. The van der Waals surface area contributed by atoms with Crippen molar-refractivity contribution >= 4 is 38.6 Å². The Bertz CT molecular complexity index is 478. The molecule has 0 aliphatic rings. The van der Waals surface area contributed by atoms with Gasteiger partial charge in [0, 0.05) is 39.1 Å². The quantitative estimate of drug-likeness (QED) is 0.889. The summed E-state index contributed by atoms with van der Waals surface area (Å²) in [6, 6.07) is 2.58. The first-order chi connectivity index (χ1) is 8.15. The number of nitrogens with one attached hydrogen (secondary N) is 1. The molecule has 0 aliphatic heterocycles. The normalized spacial score (nSPS) is 12.9. The molecular formula is C12H15BrN2S2. The van der Waals surface area contributed by atoms with E-state index in [9.17, 15) is 0 Å². The van der Waals surface area contributed by atoms with Gasteiger partial charge in [0.1, 0.15) is 0 Å². The summed E-state index contributed by atoms with van der Waals surface area (Å²) in [5.74, 6) is 0. The predicted molar refractivity (Wildman–Crippen MR) is 79.0 cm³/mol. The number of hydrogen-bond donors (Lipinski definition) is 1. The van der Waals surface area contributed by atoms with Gasteiger partial charge >= 0.3 is 0 Å². The molecular weight excluding hydrogens is 316 g/mol. The van der Waals surface area contributed by atoms with Gasteiger partial charge in [-0.25, -0.2) is 4.98 Å². The lowest BCUT2D eigenvalue weighted by atomic mass is 10.2. The van der Waals surface area contributed by atoms with Gasteiger partial charge in [0.2, 0.25) is 0 Å². The third kappa shape index (κ3) is 3.88. The highest BCUT2D eigenvalue weighted by Crippen LogP contribution is 2.25. The second-order valence-electron chi connectivity index (χ2n) is 3.95. The Morgan fingerprint density at radius 1 is 1.41 bits per heavy atom. The number of thiophene rings is 1. The van der Waals surface area contributed by atoms with Crippen LogP contribution in [0, 0.1) is 6.92 Å². The molecule has 0 aliphatic carbocycles. The SMILES string of the molecule is Cc1nc(CCNC(C)c2cc(Br)cs2)cs1. The molecule has 0 saturated carbocycles. The molecule has 17 heavy (non-hydrogen) atoms. The van der Waals surface area contributed by atoms with Crippen LogP contribution in [0.2, 0.25) is 0 Å². The van der Waals surface area contributed by atoms with Crippen molar-refractivity contribution in [2.24, 2.45) is 0 Å². The van der Waals surface area contributed by atoms with Crippen LogP contribution >= 0.6 is 38.6 Å². The van der Waals surface area contributed by atoms with Crippen LogP contribution in [0.5, 0.6) is 0 Å². The topological polar surface area (TPSA) is 24.9 Å². The van der Waals surface area contributed by atoms with E-state index in [1.165, 1.54) is 15.0 Å². The van der Waals surface area contributed by atoms with E-state index in [0.29, 0.717) is 6.04 Å². The minimum atomic E-state index is 0.408. The summed E-state index contributed by atoms with van der Waals surface area (Å²) in [5, 5.41) is 8.94. The smallest absolute Gasteiger partial charge is 0.0897 e. The summed E-state index contributed by atoms with van der Waals surface area (Å²) >= 11 is 6.99. The van der Waals surface area contributed by atoms with Gasteiger partial charge in [0.05, 0.1) is 10.7 Å². The van der Waals surface area contributed by atoms with Crippen LogP contribution in [0.1, 0.15) is 28.5 Å². The Morgan fingerprint density at radius 2 is 2.24 bits per heavy atom. The highest BCUT2D eigenvalue weighted by Gasteiger charge is 2.07. The van der Waals surface area contributed by atoms with Gasteiger partial charge in [-0.05, 0) is 35.8 Å². The molecule has 92 valence electrons. The summed E-state index contributed by atoms with van der Waals surface area (Å²) in [6.07, 6.45) is 1.00. The van der Waals surface area contributed by atoms with Gasteiger partial charge in [-0.15, -0.1) is 22.7 Å². The van der Waals surface area contributed by atoms with Crippen molar-refractivity contribution in [2.75, 3.05) is 6.54 Å². The average molecular weight is 331 g/mol. The van der Waals surface area contributed by atoms with E-state index in [1.54, 1.807) is 22.7 Å². The van der Waals surface area contributed by atoms with Gasteiger partial charge < -0.3 is 5.32 Å². The third-order valence-electron chi connectivity index (χ3n) is 2.51. The Labute approximate surface area is 118 Å². The molecule has 1 unspecified atom stereocenters. The zero-order valence-corrected chi connectivity index (χ0v) is 13.1. The number of rotatable bonds is 5. The maximum atomic E-state index is 4.46. The number of nitrogens with zero attached hydrogens (tertiary/aromatic N) is 1. The van der Waals surface area contributed by atoms with Gasteiger partial charge in [-0.2, -0.15) is 0 Å². The van der Waals surface area contributed by atoms with Crippen molar-refractivity contribution in [2.45, 2.75) is 26.3 Å². The molecule has 2 aromatic rings. The van der Waals surface area contributed by atoms with Crippen molar-refractivity contribution in [3.05, 3.63) is 36.9 Å². The summed E-state index contributed by atoms with van der Waals surface area (Å²) in [5.41, 5.74) is 1.19. The van der Waals surface area contributed by atoms with E-state index in [2.05, 4.69) is 50.0 Å². The fourth-order valence-electron chi connectivity index (χ4n) is 1.60. The van der Waals surface area contributed by atoms with Crippen molar-refractivity contribution < 1.29 is 0 Å². The second kappa shape index (κ2) is 6.09. The van der Waals surface area contributed by atoms with Gasteiger partial charge in [-0.1, -0.05) is 0 Å². The van der Waals surface area contributed by atoms with Gasteiger partial charge in [0.15, 0.2) is 0 Å². The molecule has 0 amide bonds. The molecule has 1 atom stereocenters. The summed E-state index contributed by atoms with van der Waals surface area (Å²) < 4.78 is 1.17. The standard InChI is InChI=1S/C12H15BrN2S2/c1-8(12-5-10(13)6-17-12)14-4-3-11-7-16-9(2)15-11/h5-8,14H,3-4H2,1-2H3. The zero-order chi connectivity index (χ0) is 12.3. The minimum Gasteiger partial charge on any atom is -0.309 e. The number of thiazole rings is 1. The molecule has 0 fully saturated rings. The van der Waals surface area contributed by atoms with E-state index >= 15 is 0 Å². The molecule has 0 radical (unpaired) electrons. The highest BCUT2D eigenvalue weighted by molar-refractivity contribution is 9.10. The number of hydrogen-bond acceptors (Lipinski definition) is 4. The van der Waals surface area contributed by atoms with E-state index in [1.807, 2.05) is 6.92 Å². The monoisotopic (exact) mass is 330 g/mol. The lowest BCUT2D eigenvalue weighted by Gasteiger charge is -2.10. The van der Waals surface area contributed by atoms with E-state index in [0.717, 1.165) is 18.0 Å². The summed E-state index contributed by atoms with van der Waals surface area (Å²) in [6.45, 7) is 5.22. The van der Waals surface area contributed by atoms with E-state index in [4.69, 9.17) is 0 Å². The lowest BCUT2D eigenvalue weighted by Crippen LogP contribution is -2.20. The first-order valence-corrected chi connectivity index (χ1v) is 8.08. The largest absolute Gasteiger partial charge is 0.309 e. The van der Waals surface area contributed by atoms with E-state index < -0.39 is 0 Å². The summed E-state index contributed by atoms with van der Waals surface area (Å²) in [7, 11) is 0. The Hall–Kier alpha value is -0.230. The second-order valence-corrected chi connectivity index (χ2v) is 6.87. The van der Waals surface area contributed by atoms with Gasteiger partial charge in [-0.3, -0.25) is 0 Å². The molecule has 2 aromatic heterocycles. The van der Waals surface area contributed by atoms with Crippen molar-refractivity contribution in [3.63, 3.8) is 0 Å². The highest BCUT2D eigenvalue weighted by atomic mass is 79.9. The molecule has 2 rings (SSSR count). The van der Waals surface area contributed by atoms with Crippen LogP contribution in [0.25, 0.3) is 0 Å². The van der Waals surface area contributed by atoms with Crippen LogP contribution in [-0.4, -0.2) is 11.5 Å². The van der Waals surface area contributed by atoms with Gasteiger partial charge in [0.25, 0.3) is 0 Å². The average Bonchev–Trinajstić information content (AvgIpc) is 2.88. The molecule has 2 nitrogen and oxygen atoms in total. The van der Waals surface area contributed by atoms with Crippen molar-refractivity contribution in [1.82, 2.24) is 10.3 Å². The predicted octanol–water partition coefficient (Wildman–Crippen LogP) is 4.17. The van der Waals surface area contributed by atoms with E-state index in [-0.39, 0.29) is 0 Å². The number of aromatic nitrogens is 1. The number of halogens is 1. The third-order valence-corrected chi connectivity index (χ3v) is 5.21. The summed E-state index contributed by atoms with van der Waals surface area (Å²) in [4.78, 5) is 5.82. The zero-order valence-electron chi connectivity index (χ0n) is 9.87. The Morgan fingerprint density at radius 3 is 2.82 bits per heavy atom. The Balaban J connectivity index is 1.78. The molecule has 0 bridgehead atoms. The molecule has 5 heteroatoms. The molecule has 0 saturated heterocycles. The van der Waals surface area contributed by atoms with Crippen LogP contribution < -0.4 is 5.32 Å². The number of aryl methyl sites for hydroxylation is 1. The fraction of sp³-hybridized carbons (Fsp3) is 0.417. The first kappa shape index (κ1) is 13.2. The Kier molecular flexibility index (Phi) is 4.73. The molecule has 0 spiro atoms. The van der Waals surface area contributed by atoms with Crippen LogP contribution in [0.4, 0.5) is 0 Å². The van der Waals surface area contributed by atoms with Crippen molar-refractivity contribution in [3.8, 4) is 0 Å². The van der Waals surface area contributed by atoms with Crippen LogP contribution in [-0.2, 0) is 6.42 Å². The molecule has 2 heterocycles. The van der Waals surface area contributed by atoms with Crippen LogP contribution in [0.15, 0.2) is 21.3 Å². The molecule has 0 aromatic carbocycles. The molecule has 1 N–H and O–H groups in total. The van der Waals surface area contributed by atoms with Crippen molar-refractivity contribution in [1.29, 1.82) is 0 Å². The minimum absolute atomic E-state index is 0.408. The first-order valence-electron chi connectivity index (χ1n) is 5.53. The fourth-order valence-corrected chi connectivity index (χ4v) is 3.72. The maximum Gasteiger partial charge on any atom is 0.0897 e.